The van der Waals surface area contributed by atoms with E-state index in [1.54, 1.807) is 36.7 Å². The number of amides is 1. The average Bonchev–Trinajstić information content (AvgIpc) is 2.69. The Morgan fingerprint density at radius 1 is 1.11 bits per heavy atom. The molecule has 0 spiro atoms. The molecule has 142 valence electrons. The van der Waals surface area contributed by atoms with E-state index in [9.17, 15) is 17.9 Å². The lowest BCUT2D eigenvalue weighted by Crippen LogP contribution is -2.22. The summed E-state index contributed by atoms with van der Waals surface area (Å²) in [5.41, 5.74) is 0.886. The lowest BCUT2D eigenvalue weighted by atomic mass is 10.2. The van der Waals surface area contributed by atoms with Crippen LogP contribution in [0.5, 0.6) is 0 Å². The fourth-order valence-corrected chi connectivity index (χ4v) is 3.43. The maximum absolute atomic E-state index is 13.7. The predicted octanol–water partition coefficient (Wildman–Crippen LogP) is 3.89. The molecule has 1 aromatic heterocycles. The zero-order chi connectivity index (χ0) is 20.0. The summed E-state index contributed by atoms with van der Waals surface area (Å²) in [5, 5.41) is 2.59. The number of benzene rings is 2. The van der Waals surface area contributed by atoms with Gasteiger partial charge in [0.1, 0.15) is 5.69 Å². The second-order valence-electron chi connectivity index (χ2n) is 5.72. The number of hydrogen-bond acceptors (Lipinski definition) is 4. The molecule has 0 fully saturated rings. The predicted molar refractivity (Wildman–Crippen MR) is 105 cm³/mol. The number of halogens is 1. The summed E-state index contributed by atoms with van der Waals surface area (Å²) in [6.45, 7) is 0. The molecule has 1 amide bonds. The number of sulfonamides is 1. The van der Waals surface area contributed by atoms with E-state index in [0.29, 0.717) is 0 Å². The molecule has 28 heavy (non-hydrogen) atoms. The Morgan fingerprint density at radius 2 is 1.93 bits per heavy atom. The van der Waals surface area contributed by atoms with Gasteiger partial charge in [-0.05, 0) is 42.0 Å². The molecule has 0 aliphatic heterocycles. The van der Waals surface area contributed by atoms with Gasteiger partial charge >= 0.3 is 0 Å². The smallest absolute Gasteiger partial charge is 0.248 e. The number of anilines is 2. The van der Waals surface area contributed by atoms with Gasteiger partial charge in [-0.15, -0.1) is 0 Å². The molecule has 6 nitrogen and oxygen atoms in total. The first-order valence-electron chi connectivity index (χ1n) is 8.20. The van der Waals surface area contributed by atoms with Crippen LogP contribution in [0.25, 0.3) is 6.08 Å². The van der Waals surface area contributed by atoms with Gasteiger partial charge in [0.05, 0.1) is 0 Å². The molecular formula is C20H16FN3O3S. The highest BCUT2D eigenvalue weighted by Crippen LogP contribution is 2.24. The van der Waals surface area contributed by atoms with Gasteiger partial charge in [-0.1, -0.05) is 28.5 Å². The molecule has 0 bridgehead atoms. The van der Waals surface area contributed by atoms with Crippen LogP contribution in [0.1, 0.15) is 5.56 Å². The number of carbonyl (C=O) groups is 1. The van der Waals surface area contributed by atoms with Crippen LogP contribution in [0.4, 0.5) is 15.8 Å². The Bertz CT molecular complexity index is 1060. The van der Waals surface area contributed by atoms with Crippen LogP contribution < -0.4 is 10.0 Å². The maximum atomic E-state index is 13.7. The van der Waals surface area contributed by atoms with E-state index in [2.05, 4.69) is 15.0 Å². The van der Waals surface area contributed by atoms with Crippen molar-refractivity contribution in [3.05, 3.63) is 90.5 Å². The summed E-state index contributed by atoms with van der Waals surface area (Å²) in [7, 11) is -4.02. The molecule has 1 unspecified atom stereocenters. The van der Waals surface area contributed by atoms with Gasteiger partial charge < -0.3 is 9.87 Å². The molecule has 1 atom stereocenters. The van der Waals surface area contributed by atoms with Crippen molar-refractivity contribution in [3.8, 4) is 0 Å². The molecule has 8 heteroatoms. The number of rotatable bonds is 6. The normalized spacial score (nSPS) is 13.1. The van der Waals surface area contributed by atoms with Gasteiger partial charge in [0.15, 0.2) is 21.1 Å². The second-order valence-corrected chi connectivity index (χ2v) is 7.40. The van der Waals surface area contributed by atoms with Crippen molar-refractivity contribution in [2.75, 3.05) is 10.0 Å². The average molecular weight is 397 g/mol. The number of pyridine rings is 1. The second kappa shape index (κ2) is 8.55. The Kier molecular flexibility index (Phi) is 5.93. The summed E-state index contributed by atoms with van der Waals surface area (Å²) in [6, 6.07) is 14.7. The van der Waals surface area contributed by atoms with Crippen molar-refractivity contribution in [1.29, 1.82) is 0 Å². The van der Waals surface area contributed by atoms with Gasteiger partial charge in [0.25, 0.3) is 0 Å². The summed E-state index contributed by atoms with van der Waals surface area (Å²) in [6.07, 6.45) is 6.13. The third kappa shape index (κ3) is 5.09. The molecule has 3 rings (SSSR count). The molecule has 0 aliphatic rings. The van der Waals surface area contributed by atoms with Crippen LogP contribution in [-0.2, 0) is 19.4 Å². The lowest BCUT2D eigenvalue weighted by Gasteiger charge is -2.17. The first-order valence-corrected chi connectivity index (χ1v) is 9.69. The van der Waals surface area contributed by atoms with Gasteiger partial charge in [-0.25, -0.2) is 4.39 Å². The largest absolute Gasteiger partial charge is 0.588 e. The molecule has 1 heterocycles. The van der Waals surface area contributed by atoms with E-state index in [-0.39, 0.29) is 16.3 Å². The third-order valence-corrected chi connectivity index (χ3v) is 5.00. The molecule has 2 aromatic carbocycles. The number of carbonyl (C=O) groups excluding carboxylic acids is 1. The van der Waals surface area contributed by atoms with E-state index < -0.39 is 22.1 Å². The fraction of sp³-hybridized carbons (Fsp3) is 0. The van der Waals surface area contributed by atoms with Crippen LogP contribution >= 0.6 is 0 Å². The van der Waals surface area contributed by atoms with E-state index in [1.165, 1.54) is 42.5 Å². The first-order chi connectivity index (χ1) is 13.4. The minimum absolute atomic E-state index is 0.107. The molecule has 0 radical (unpaired) electrons. The fourth-order valence-electron chi connectivity index (χ4n) is 2.32. The van der Waals surface area contributed by atoms with E-state index in [0.717, 1.165) is 11.6 Å². The van der Waals surface area contributed by atoms with Crippen LogP contribution in [0.15, 0.2) is 84.0 Å². The van der Waals surface area contributed by atoms with Crippen LogP contribution in [0, 0.1) is 5.82 Å². The third-order valence-electron chi connectivity index (χ3n) is 3.64. The van der Waals surface area contributed by atoms with Crippen LogP contribution in [0.3, 0.4) is 0 Å². The Labute approximate surface area is 162 Å². The monoisotopic (exact) mass is 397 g/mol. The topological polar surface area (TPSA) is 94.2 Å². The van der Waals surface area contributed by atoms with Gasteiger partial charge in [-0.2, -0.15) is 4.72 Å². The quantitative estimate of drug-likeness (QED) is 0.487. The molecule has 3 aromatic rings. The summed E-state index contributed by atoms with van der Waals surface area (Å²) in [5.74, 6) is -1.11. The van der Waals surface area contributed by atoms with Gasteiger partial charge in [-0.3, -0.25) is 9.78 Å². The van der Waals surface area contributed by atoms with E-state index >= 15 is 0 Å². The maximum Gasteiger partial charge on any atom is 0.248 e. The minimum Gasteiger partial charge on any atom is -0.588 e. The highest BCUT2D eigenvalue weighted by Gasteiger charge is 2.22. The number of nitrogens with zero attached hydrogens (tertiary/aromatic N) is 1. The van der Waals surface area contributed by atoms with E-state index in [1.807, 2.05) is 0 Å². The van der Waals surface area contributed by atoms with Gasteiger partial charge in [0, 0.05) is 30.2 Å². The first kappa shape index (κ1) is 19.4. The standard InChI is InChI=1S/C20H16FN3O3S/c21-18-8-1-2-9-19(18)24-28(26,27)17-7-3-6-16(13-17)23-20(25)11-10-15-5-4-12-22-14-15/h1-14H,(H2-,23,24,25,26,27)/b11-10+. The van der Waals surface area contributed by atoms with Crippen molar-refractivity contribution >= 4 is 33.8 Å². The summed E-state index contributed by atoms with van der Waals surface area (Å²) in [4.78, 5) is 15.9. The zero-order valence-corrected chi connectivity index (χ0v) is 15.4. The van der Waals surface area contributed by atoms with Crippen LogP contribution in [-0.4, -0.2) is 15.4 Å². The SMILES string of the molecule is O=C(/C=C/c1cccnc1)Nc1cccc([S+](=O)([O-])Nc2ccccc2F)c1. The summed E-state index contributed by atoms with van der Waals surface area (Å²) < 4.78 is 40.9. The van der Waals surface area contributed by atoms with Crippen molar-refractivity contribution in [2.24, 2.45) is 0 Å². The van der Waals surface area contributed by atoms with Crippen LogP contribution in [0.2, 0.25) is 0 Å². The highest BCUT2D eigenvalue weighted by atomic mass is 32.3. The lowest BCUT2D eigenvalue weighted by molar-refractivity contribution is -0.111. The molecule has 0 aliphatic carbocycles. The number of nitrogens with one attached hydrogen (secondary N) is 2. The van der Waals surface area contributed by atoms with Crippen molar-refractivity contribution in [1.82, 2.24) is 4.98 Å². The molecule has 0 saturated carbocycles. The molecule has 2 N–H and O–H groups in total. The van der Waals surface area contributed by atoms with Gasteiger partial charge in [0.2, 0.25) is 5.91 Å². The Balaban J connectivity index is 1.72. The van der Waals surface area contributed by atoms with Crippen molar-refractivity contribution < 1.29 is 17.9 Å². The van der Waals surface area contributed by atoms with Crippen molar-refractivity contribution in [3.63, 3.8) is 0 Å². The zero-order valence-electron chi connectivity index (χ0n) is 14.5. The minimum atomic E-state index is -4.02. The molecular weight excluding hydrogens is 381 g/mol. The number of hydrogen-bond donors (Lipinski definition) is 2. The van der Waals surface area contributed by atoms with Crippen molar-refractivity contribution in [2.45, 2.75) is 4.90 Å². The van der Waals surface area contributed by atoms with E-state index in [4.69, 9.17) is 0 Å². The summed E-state index contributed by atoms with van der Waals surface area (Å²) >= 11 is 0. The number of aromatic nitrogens is 1. The molecule has 0 saturated heterocycles. The Morgan fingerprint density at radius 3 is 2.68 bits per heavy atom. The highest BCUT2D eigenvalue weighted by molar-refractivity contribution is 7.98. The number of para-hydroxylation sites is 1. The Hall–Kier alpha value is -3.36.